The van der Waals surface area contributed by atoms with Gasteiger partial charge < -0.3 is 10.2 Å². The molecule has 0 aromatic heterocycles. The lowest BCUT2D eigenvalue weighted by molar-refractivity contribution is -0.130. The largest absolute Gasteiger partial charge is 0.340 e. The lowest BCUT2D eigenvalue weighted by atomic mass is 10.0. The highest BCUT2D eigenvalue weighted by molar-refractivity contribution is 6.31. The highest BCUT2D eigenvalue weighted by Crippen LogP contribution is 2.18. The normalized spacial score (nSPS) is 19.9. The number of piperazine rings is 1. The molecule has 98 valence electrons. The van der Waals surface area contributed by atoms with Crippen molar-refractivity contribution in [2.75, 3.05) is 19.6 Å². The zero-order chi connectivity index (χ0) is 13.1. The van der Waals surface area contributed by atoms with Gasteiger partial charge in [0.2, 0.25) is 5.91 Å². The smallest absolute Gasteiger partial charge is 0.219 e. The summed E-state index contributed by atoms with van der Waals surface area (Å²) >= 11 is 6.13. The Morgan fingerprint density at radius 3 is 3.00 bits per heavy atom. The molecule has 1 amide bonds. The van der Waals surface area contributed by atoms with Gasteiger partial charge in [-0.1, -0.05) is 23.7 Å². The molecule has 2 rings (SSSR count). The standard InChI is InChI=1S/C14H19ClN2O/c1-10-3-4-12(8-14(10)15)7-13-9-17(11(2)18)6-5-16-13/h3-4,8,13,16H,5-7,9H2,1-2H3. The Kier molecular flexibility index (Phi) is 4.25. The summed E-state index contributed by atoms with van der Waals surface area (Å²) in [5.74, 6) is 0.156. The molecular formula is C14H19ClN2O. The summed E-state index contributed by atoms with van der Waals surface area (Å²) in [6.07, 6.45) is 0.907. The quantitative estimate of drug-likeness (QED) is 0.888. The summed E-state index contributed by atoms with van der Waals surface area (Å²) in [5.41, 5.74) is 2.32. The molecule has 3 nitrogen and oxygen atoms in total. The Bertz CT molecular complexity index is 447. The number of halogens is 1. The van der Waals surface area contributed by atoms with Crippen molar-refractivity contribution in [1.82, 2.24) is 10.2 Å². The van der Waals surface area contributed by atoms with E-state index in [2.05, 4.69) is 11.4 Å². The van der Waals surface area contributed by atoms with Gasteiger partial charge in [-0.3, -0.25) is 4.79 Å². The van der Waals surface area contributed by atoms with Crippen molar-refractivity contribution in [2.45, 2.75) is 26.3 Å². The van der Waals surface area contributed by atoms with Crippen molar-refractivity contribution in [3.05, 3.63) is 34.3 Å². The molecule has 1 atom stereocenters. The van der Waals surface area contributed by atoms with Gasteiger partial charge in [0.25, 0.3) is 0 Å². The second-order valence-electron chi connectivity index (χ2n) is 4.90. The number of amides is 1. The number of hydrogen-bond donors (Lipinski definition) is 1. The molecule has 0 spiro atoms. The third-order valence-electron chi connectivity index (χ3n) is 3.42. The maximum Gasteiger partial charge on any atom is 0.219 e. The second-order valence-corrected chi connectivity index (χ2v) is 5.31. The lowest BCUT2D eigenvalue weighted by Gasteiger charge is -2.33. The maximum absolute atomic E-state index is 11.4. The minimum absolute atomic E-state index is 0.156. The van der Waals surface area contributed by atoms with Crippen molar-refractivity contribution < 1.29 is 4.79 Å². The molecule has 1 aliphatic rings. The summed E-state index contributed by atoms with van der Waals surface area (Å²) in [4.78, 5) is 13.3. The SMILES string of the molecule is CC(=O)N1CCNC(Cc2ccc(C)c(Cl)c2)C1. The van der Waals surface area contributed by atoms with Gasteiger partial charge in [-0.25, -0.2) is 0 Å². The molecule has 4 heteroatoms. The van der Waals surface area contributed by atoms with Gasteiger partial charge >= 0.3 is 0 Å². The number of hydrogen-bond acceptors (Lipinski definition) is 2. The average Bonchev–Trinajstić information content (AvgIpc) is 2.34. The van der Waals surface area contributed by atoms with E-state index < -0.39 is 0 Å². The van der Waals surface area contributed by atoms with Gasteiger partial charge in [-0.15, -0.1) is 0 Å². The Morgan fingerprint density at radius 2 is 2.33 bits per heavy atom. The Balaban J connectivity index is 2.00. The van der Waals surface area contributed by atoms with E-state index in [4.69, 9.17) is 11.6 Å². The number of aryl methyl sites for hydroxylation is 1. The van der Waals surface area contributed by atoms with E-state index in [0.29, 0.717) is 6.04 Å². The van der Waals surface area contributed by atoms with Gasteiger partial charge in [0.1, 0.15) is 0 Å². The Hall–Kier alpha value is -1.06. The van der Waals surface area contributed by atoms with Crippen molar-refractivity contribution in [3.8, 4) is 0 Å². The van der Waals surface area contributed by atoms with Crippen molar-refractivity contribution in [1.29, 1.82) is 0 Å². The van der Waals surface area contributed by atoms with Crippen LogP contribution in [0.2, 0.25) is 5.02 Å². The van der Waals surface area contributed by atoms with Crippen LogP contribution in [0.25, 0.3) is 0 Å². The number of nitrogens with zero attached hydrogens (tertiary/aromatic N) is 1. The van der Waals surface area contributed by atoms with Crippen LogP contribution in [0.15, 0.2) is 18.2 Å². The fourth-order valence-corrected chi connectivity index (χ4v) is 2.50. The number of nitrogens with one attached hydrogen (secondary N) is 1. The van der Waals surface area contributed by atoms with E-state index in [1.807, 2.05) is 24.0 Å². The predicted octanol–water partition coefficient (Wildman–Crippen LogP) is 2.01. The Labute approximate surface area is 113 Å². The zero-order valence-corrected chi connectivity index (χ0v) is 11.6. The van der Waals surface area contributed by atoms with Crippen molar-refractivity contribution >= 4 is 17.5 Å². The van der Waals surface area contributed by atoms with Gasteiger partial charge in [-0.2, -0.15) is 0 Å². The molecule has 1 aromatic carbocycles. The summed E-state index contributed by atoms with van der Waals surface area (Å²) in [6, 6.07) is 6.49. The van der Waals surface area contributed by atoms with Crippen LogP contribution in [0.3, 0.4) is 0 Å². The lowest BCUT2D eigenvalue weighted by Crippen LogP contribution is -2.52. The highest BCUT2D eigenvalue weighted by Gasteiger charge is 2.21. The van der Waals surface area contributed by atoms with E-state index in [-0.39, 0.29) is 5.91 Å². The van der Waals surface area contributed by atoms with Crippen LogP contribution in [0.5, 0.6) is 0 Å². The van der Waals surface area contributed by atoms with E-state index >= 15 is 0 Å². The molecule has 1 N–H and O–H groups in total. The maximum atomic E-state index is 11.4. The highest BCUT2D eigenvalue weighted by atomic mass is 35.5. The molecule has 0 aliphatic carbocycles. The molecule has 0 bridgehead atoms. The zero-order valence-electron chi connectivity index (χ0n) is 10.9. The van der Waals surface area contributed by atoms with Crippen LogP contribution in [0, 0.1) is 6.92 Å². The molecule has 1 aliphatic heterocycles. The van der Waals surface area contributed by atoms with Crippen molar-refractivity contribution in [3.63, 3.8) is 0 Å². The molecule has 1 unspecified atom stereocenters. The average molecular weight is 267 g/mol. The third-order valence-corrected chi connectivity index (χ3v) is 3.83. The second kappa shape index (κ2) is 5.72. The van der Waals surface area contributed by atoms with Crippen LogP contribution in [0.4, 0.5) is 0 Å². The van der Waals surface area contributed by atoms with E-state index in [1.165, 1.54) is 5.56 Å². The summed E-state index contributed by atoms with van der Waals surface area (Å²) in [7, 11) is 0. The number of benzene rings is 1. The first-order valence-electron chi connectivity index (χ1n) is 6.30. The monoisotopic (exact) mass is 266 g/mol. The molecule has 0 saturated carbocycles. The first-order valence-corrected chi connectivity index (χ1v) is 6.68. The van der Waals surface area contributed by atoms with Gasteiger partial charge in [0, 0.05) is 37.6 Å². The molecule has 1 aromatic rings. The molecule has 1 saturated heterocycles. The third kappa shape index (κ3) is 3.24. The van der Waals surface area contributed by atoms with Crippen LogP contribution >= 0.6 is 11.6 Å². The van der Waals surface area contributed by atoms with Crippen LogP contribution in [0.1, 0.15) is 18.1 Å². The first kappa shape index (κ1) is 13.4. The molecule has 1 heterocycles. The molecular weight excluding hydrogens is 248 g/mol. The molecule has 18 heavy (non-hydrogen) atoms. The van der Waals surface area contributed by atoms with Crippen LogP contribution < -0.4 is 5.32 Å². The number of rotatable bonds is 2. The topological polar surface area (TPSA) is 32.3 Å². The van der Waals surface area contributed by atoms with Crippen molar-refractivity contribution in [2.24, 2.45) is 0 Å². The van der Waals surface area contributed by atoms with E-state index in [0.717, 1.165) is 36.6 Å². The summed E-state index contributed by atoms with van der Waals surface area (Å²) < 4.78 is 0. The predicted molar refractivity (Wildman–Crippen MR) is 73.9 cm³/mol. The fourth-order valence-electron chi connectivity index (χ4n) is 2.30. The van der Waals surface area contributed by atoms with Crippen LogP contribution in [-0.4, -0.2) is 36.5 Å². The fraction of sp³-hybridized carbons (Fsp3) is 0.500. The molecule has 0 radical (unpaired) electrons. The number of carbonyl (C=O) groups is 1. The van der Waals surface area contributed by atoms with Crippen LogP contribution in [-0.2, 0) is 11.2 Å². The first-order chi connectivity index (χ1) is 8.56. The Morgan fingerprint density at radius 1 is 1.56 bits per heavy atom. The van der Waals surface area contributed by atoms with E-state index in [1.54, 1.807) is 6.92 Å². The minimum Gasteiger partial charge on any atom is -0.340 e. The summed E-state index contributed by atoms with van der Waals surface area (Å²) in [6.45, 7) is 6.08. The van der Waals surface area contributed by atoms with E-state index in [9.17, 15) is 4.79 Å². The molecule has 1 fully saturated rings. The minimum atomic E-state index is 0.156. The van der Waals surface area contributed by atoms with Gasteiger partial charge in [-0.05, 0) is 30.5 Å². The number of carbonyl (C=O) groups excluding carboxylic acids is 1. The van der Waals surface area contributed by atoms with Gasteiger partial charge in [0.05, 0.1) is 0 Å². The van der Waals surface area contributed by atoms with Gasteiger partial charge in [0.15, 0.2) is 0 Å². The summed E-state index contributed by atoms with van der Waals surface area (Å²) in [5, 5.41) is 4.26.